The first-order chi connectivity index (χ1) is 14.7. The molecule has 0 aromatic heterocycles. The Morgan fingerprint density at radius 2 is 1.84 bits per heavy atom. The van der Waals surface area contributed by atoms with Gasteiger partial charge in [0.25, 0.3) is 15.9 Å². The summed E-state index contributed by atoms with van der Waals surface area (Å²) in [6, 6.07) is 12.8. The maximum absolute atomic E-state index is 13.1. The molecule has 31 heavy (non-hydrogen) atoms. The highest BCUT2D eigenvalue weighted by atomic mass is 32.2. The number of nitrogens with one attached hydrogen (secondary N) is 1. The van der Waals surface area contributed by atoms with E-state index >= 15 is 0 Å². The average Bonchev–Trinajstić information content (AvgIpc) is 2.95. The van der Waals surface area contributed by atoms with Crippen LogP contribution in [0.4, 0.5) is 0 Å². The van der Waals surface area contributed by atoms with Gasteiger partial charge in [0.1, 0.15) is 10.9 Å². The summed E-state index contributed by atoms with van der Waals surface area (Å²) in [5, 5.41) is 2.53. The molecule has 1 atom stereocenters. The Bertz CT molecular complexity index is 1130. The van der Waals surface area contributed by atoms with Gasteiger partial charge in [0, 0.05) is 26.6 Å². The molecule has 8 nitrogen and oxygen atoms in total. The van der Waals surface area contributed by atoms with Gasteiger partial charge in [0.15, 0.2) is 0 Å². The highest BCUT2D eigenvalue weighted by Crippen LogP contribution is 2.30. The van der Waals surface area contributed by atoms with Gasteiger partial charge in [-0.25, -0.2) is 12.7 Å². The van der Waals surface area contributed by atoms with Crippen LogP contribution in [0.1, 0.15) is 34.8 Å². The zero-order chi connectivity index (χ0) is 22.8. The molecule has 9 heteroatoms. The third kappa shape index (κ3) is 4.46. The van der Waals surface area contributed by atoms with Gasteiger partial charge in [-0.05, 0) is 31.5 Å². The first kappa shape index (κ1) is 22.5. The number of benzene rings is 2. The molecule has 164 valence electrons. The third-order valence-corrected chi connectivity index (χ3v) is 7.13. The number of amides is 3. The lowest BCUT2D eigenvalue weighted by Gasteiger charge is -2.29. The molecule has 1 N–H and O–H groups in total. The first-order valence-electron chi connectivity index (χ1n) is 9.89. The van der Waals surface area contributed by atoms with Crippen LogP contribution in [0.2, 0.25) is 0 Å². The number of rotatable bonds is 7. The lowest BCUT2D eigenvalue weighted by atomic mass is 10.1. The largest absolute Gasteiger partial charge is 0.357 e. The summed E-state index contributed by atoms with van der Waals surface area (Å²) < 4.78 is 26.1. The van der Waals surface area contributed by atoms with Crippen LogP contribution in [0, 0.1) is 6.92 Å². The van der Waals surface area contributed by atoms with Crippen LogP contribution in [-0.2, 0) is 26.2 Å². The molecule has 0 aliphatic carbocycles. The zero-order valence-corrected chi connectivity index (χ0v) is 18.5. The van der Waals surface area contributed by atoms with E-state index in [-0.39, 0.29) is 35.9 Å². The van der Waals surface area contributed by atoms with Gasteiger partial charge in [0.2, 0.25) is 11.8 Å². The third-order valence-electron chi connectivity index (χ3n) is 5.29. The average molecular weight is 444 g/mol. The van der Waals surface area contributed by atoms with Gasteiger partial charge in [-0.2, -0.15) is 0 Å². The van der Waals surface area contributed by atoms with E-state index in [9.17, 15) is 22.8 Å². The maximum atomic E-state index is 13.1. The fourth-order valence-corrected chi connectivity index (χ4v) is 5.16. The lowest BCUT2D eigenvalue weighted by Crippen LogP contribution is -2.47. The smallest absolute Gasteiger partial charge is 0.269 e. The van der Waals surface area contributed by atoms with Crippen molar-refractivity contribution in [2.75, 3.05) is 13.6 Å². The minimum Gasteiger partial charge on any atom is -0.357 e. The Kier molecular flexibility index (Phi) is 6.45. The van der Waals surface area contributed by atoms with Crippen LogP contribution < -0.4 is 5.32 Å². The predicted octanol–water partition coefficient (Wildman–Crippen LogP) is 1.69. The molecule has 0 saturated carbocycles. The maximum Gasteiger partial charge on any atom is 0.269 e. The molecule has 0 saturated heterocycles. The Labute approximate surface area is 181 Å². The molecule has 1 heterocycles. The highest BCUT2D eigenvalue weighted by Gasteiger charge is 2.41. The van der Waals surface area contributed by atoms with Gasteiger partial charge in [-0.3, -0.25) is 14.4 Å². The quantitative estimate of drug-likeness (QED) is 0.701. The number of fused-ring (bicyclic) bond motifs is 1. The number of aryl methyl sites for hydroxylation is 1. The van der Waals surface area contributed by atoms with E-state index in [4.69, 9.17) is 0 Å². The summed E-state index contributed by atoms with van der Waals surface area (Å²) >= 11 is 0. The molecular weight excluding hydrogens is 418 g/mol. The zero-order valence-electron chi connectivity index (χ0n) is 17.7. The number of hydrogen-bond acceptors (Lipinski definition) is 5. The summed E-state index contributed by atoms with van der Waals surface area (Å²) in [5.41, 5.74) is 1.97. The second-order valence-corrected chi connectivity index (χ2v) is 9.26. The summed E-state index contributed by atoms with van der Waals surface area (Å²) in [5.74, 6) is -1.40. The molecule has 2 aromatic carbocycles. The number of sulfonamides is 1. The molecule has 1 aliphatic heterocycles. The summed E-state index contributed by atoms with van der Waals surface area (Å²) in [6.07, 6.45) is -0.230. The summed E-state index contributed by atoms with van der Waals surface area (Å²) in [6.45, 7) is 3.44. The first-order valence-corrected chi connectivity index (χ1v) is 11.3. The molecular formula is C22H25N3O5S. The second kappa shape index (κ2) is 8.89. The van der Waals surface area contributed by atoms with E-state index < -0.39 is 27.9 Å². The van der Waals surface area contributed by atoms with E-state index in [1.807, 2.05) is 31.2 Å². The Morgan fingerprint density at radius 3 is 2.48 bits per heavy atom. The van der Waals surface area contributed by atoms with Crippen molar-refractivity contribution in [3.63, 3.8) is 0 Å². The SMILES string of the molecule is CNC(=O)C(C)N(Cc1cccc(C)c1)C(=O)CCN1C(=O)c2ccccc2S1(=O)=O. The number of carbonyl (C=O) groups excluding carboxylic acids is 3. The highest BCUT2D eigenvalue weighted by molar-refractivity contribution is 7.90. The Hall–Kier alpha value is -3.20. The number of carbonyl (C=O) groups is 3. The molecule has 3 rings (SSSR count). The fraction of sp³-hybridized carbons (Fsp3) is 0.318. The van der Waals surface area contributed by atoms with Crippen LogP contribution in [-0.4, -0.2) is 55.0 Å². The van der Waals surface area contributed by atoms with Gasteiger partial charge in [-0.1, -0.05) is 42.0 Å². The van der Waals surface area contributed by atoms with Gasteiger partial charge < -0.3 is 10.2 Å². The number of nitrogens with zero attached hydrogens (tertiary/aromatic N) is 2. The van der Waals surface area contributed by atoms with E-state index in [1.165, 1.54) is 24.1 Å². The summed E-state index contributed by atoms with van der Waals surface area (Å²) in [4.78, 5) is 39.2. The molecule has 0 fully saturated rings. The summed E-state index contributed by atoms with van der Waals surface area (Å²) in [7, 11) is -2.50. The van der Waals surface area contributed by atoms with Crippen LogP contribution in [0.3, 0.4) is 0 Å². The monoisotopic (exact) mass is 443 g/mol. The van der Waals surface area contributed by atoms with Crippen molar-refractivity contribution in [2.24, 2.45) is 0 Å². The minimum atomic E-state index is -3.99. The number of hydrogen-bond donors (Lipinski definition) is 1. The number of likely N-dealkylation sites (N-methyl/N-ethyl adjacent to an activating group) is 1. The molecule has 3 amide bonds. The van der Waals surface area contributed by atoms with E-state index in [1.54, 1.807) is 19.1 Å². The topological polar surface area (TPSA) is 104 Å². The van der Waals surface area contributed by atoms with Crippen molar-refractivity contribution < 1.29 is 22.8 Å². The van der Waals surface area contributed by atoms with E-state index in [0.717, 1.165) is 15.4 Å². The van der Waals surface area contributed by atoms with Crippen molar-refractivity contribution >= 4 is 27.7 Å². The van der Waals surface area contributed by atoms with Crippen molar-refractivity contribution in [3.05, 3.63) is 65.2 Å². The predicted molar refractivity (Wildman–Crippen MR) is 115 cm³/mol. The second-order valence-electron chi connectivity index (χ2n) is 7.43. The molecule has 2 aromatic rings. The van der Waals surface area contributed by atoms with Crippen LogP contribution in [0.15, 0.2) is 53.4 Å². The van der Waals surface area contributed by atoms with Gasteiger partial charge in [-0.15, -0.1) is 0 Å². The minimum absolute atomic E-state index is 0.0530. The normalized spacial score (nSPS) is 15.3. The van der Waals surface area contributed by atoms with Crippen molar-refractivity contribution in [3.8, 4) is 0 Å². The van der Waals surface area contributed by atoms with Crippen molar-refractivity contribution in [1.82, 2.24) is 14.5 Å². The van der Waals surface area contributed by atoms with E-state index in [2.05, 4.69) is 5.32 Å². The van der Waals surface area contributed by atoms with Gasteiger partial charge in [0.05, 0.1) is 5.56 Å². The van der Waals surface area contributed by atoms with E-state index in [0.29, 0.717) is 0 Å². The standard InChI is InChI=1S/C22H25N3O5S/c1-15-7-6-8-17(13-15)14-24(16(2)21(27)23-3)20(26)11-12-25-22(28)18-9-4-5-10-19(18)31(25,29)30/h4-10,13,16H,11-12,14H2,1-3H3,(H,23,27). The van der Waals surface area contributed by atoms with Crippen LogP contribution >= 0.6 is 0 Å². The van der Waals surface area contributed by atoms with Crippen LogP contribution in [0.5, 0.6) is 0 Å². The molecule has 1 aliphatic rings. The van der Waals surface area contributed by atoms with Crippen molar-refractivity contribution in [1.29, 1.82) is 0 Å². The molecule has 1 unspecified atom stereocenters. The molecule has 0 spiro atoms. The fourth-order valence-electron chi connectivity index (χ4n) is 3.59. The van der Waals surface area contributed by atoms with Gasteiger partial charge >= 0.3 is 0 Å². The molecule has 0 radical (unpaired) electrons. The Balaban J connectivity index is 1.79. The molecule has 0 bridgehead atoms. The lowest BCUT2D eigenvalue weighted by molar-refractivity contribution is -0.140. The van der Waals surface area contributed by atoms with Crippen LogP contribution in [0.25, 0.3) is 0 Å². The Morgan fingerprint density at radius 1 is 1.13 bits per heavy atom. The van der Waals surface area contributed by atoms with Crippen molar-refractivity contribution in [2.45, 2.75) is 37.8 Å².